The Morgan fingerprint density at radius 2 is 2.29 bits per heavy atom. The Hall–Kier alpha value is -1.22. The largest absolute Gasteiger partial charge is 0.478 e. The topological polar surface area (TPSA) is 49.3 Å². The van der Waals surface area contributed by atoms with Crippen molar-refractivity contribution in [2.24, 2.45) is 5.92 Å². The summed E-state index contributed by atoms with van der Waals surface area (Å²) in [7, 11) is 0. The van der Waals surface area contributed by atoms with Crippen LogP contribution >= 0.6 is 11.6 Å². The van der Waals surface area contributed by atoms with Gasteiger partial charge in [-0.05, 0) is 37.5 Å². The van der Waals surface area contributed by atoms with E-state index in [0.717, 1.165) is 18.0 Å². The number of nitrogens with one attached hydrogen (secondary N) is 1. The van der Waals surface area contributed by atoms with Crippen LogP contribution in [0.25, 0.3) is 0 Å². The maximum atomic E-state index is 10.8. The van der Waals surface area contributed by atoms with Crippen molar-refractivity contribution >= 4 is 23.3 Å². The first kappa shape index (κ1) is 12.2. The van der Waals surface area contributed by atoms with Crippen LogP contribution in [-0.4, -0.2) is 17.1 Å². The van der Waals surface area contributed by atoms with Gasteiger partial charge in [0.1, 0.15) is 0 Å². The van der Waals surface area contributed by atoms with Crippen LogP contribution in [-0.2, 0) is 0 Å². The average Bonchev–Trinajstić information content (AvgIpc) is 3.04. The molecule has 1 atom stereocenters. The van der Waals surface area contributed by atoms with E-state index in [1.165, 1.54) is 18.9 Å². The maximum absolute atomic E-state index is 10.8. The SMILES string of the molecule is CC(CC1CC1)Nc1ccc(C(=O)O)cc1Cl. The van der Waals surface area contributed by atoms with Gasteiger partial charge in [-0.15, -0.1) is 0 Å². The smallest absolute Gasteiger partial charge is 0.335 e. The van der Waals surface area contributed by atoms with Crippen molar-refractivity contribution in [3.05, 3.63) is 28.8 Å². The Labute approximate surface area is 106 Å². The standard InChI is InChI=1S/C13H16ClNO2/c1-8(6-9-2-3-9)15-12-5-4-10(13(16)17)7-11(12)14/h4-5,7-9,15H,2-3,6H2,1H3,(H,16,17). The van der Waals surface area contributed by atoms with Crippen LogP contribution < -0.4 is 5.32 Å². The molecule has 2 N–H and O–H groups in total. The molecular formula is C13H16ClNO2. The quantitative estimate of drug-likeness (QED) is 0.842. The Balaban J connectivity index is 2.02. The number of benzene rings is 1. The summed E-state index contributed by atoms with van der Waals surface area (Å²) in [5, 5.41) is 12.6. The maximum Gasteiger partial charge on any atom is 0.335 e. The molecule has 1 saturated carbocycles. The Kier molecular flexibility index (Phi) is 3.57. The number of anilines is 1. The minimum absolute atomic E-state index is 0.218. The van der Waals surface area contributed by atoms with Crippen molar-refractivity contribution in [3.63, 3.8) is 0 Å². The summed E-state index contributed by atoms with van der Waals surface area (Å²) in [4.78, 5) is 10.8. The molecule has 92 valence electrons. The summed E-state index contributed by atoms with van der Waals surface area (Å²) in [5.74, 6) is -0.0981. The van der Waals surface area contributed by atoms with Crippen molar-refractivity contribution in [2.45, 2.75) is 32.2 Å². The lowest BCUT2D eigenvalue weighted by molar-refractivity contribution is 0.0697. The molecular weight excluding hydrogens is 238 g/mol. The van der Waals surface area contributed by atoms with E-state index >= 15 is 0 Å². The van der Waals surface area contributed by atoms with Crippen LogP contribution in [0, 0.1) is 5.92 Å². The lowest BCUT2D eigenvalue weighted by atomic mass is 10.1. The van der Waals surface area contributed by atoms with Crippen molar-refractivity contribution in [1.82, 2.24) is 0 Å². The van der Waals surface area contributed by atoms with E-state index < -0.39 is 5.97 Å². The van der Waals surface area contributed by atoms with E-state index in [-0.39, 0.29) is 5.56 Å². The molecule has 0 amide bonds. The van der Waals surface area contributed by atoms with E-state index in [2.05, 4.69) is 12.2 Å². The minimum Gasteiger partial charge on any atom is -0.478 e. The molecule has 1 aliphatic rings. The van der Waals surface area contributed by atoms with Crippen LogP contribution in [0.1, 0.15) is 36.5 Å². The van der Waals surface area contributed by atoms with E-state index in [1.54, 1.807) is 12.1 Å². The summed E-state index contributed by atoms with van der Waals surface area (Å²) in [5.41, 5.74) is 1.03. The fraction of sp³-hybridized carbons (Fsp3) is 0.462. The number of carbonyl (C=O) groups is 1. The minimum atomic E-state index is -0.954. The van der Waals surface area contributed by atoms with E-state index in [0.29, 0.717) is 11.1 Å². The van der Waals surface area contributed by atoms with Gasteiger partial charge >= 0.3 is 5.97 Å². The molecule has 1 aliphatic carbocycles. The summed E-state index contributed by atoms with van der Waals surface area (Å²) < 4.78 is 0. The molecule has 0 aromatic heterocycles. The number of aromatic carboxylic acids is 1. The molecule has 1 unspecified atom stereocenters. The van der Waals surface area contributed by atoms with Gasteiger partial charge < -0.3 is 10.4 Å². The van der Waals surface area contributed by atoms with Crippen LogP contribution in [0.15, 0.2) is 18.2 Å². The zero-order chi connectivity index (χ0) is 12.4. The van der Waals surface area contributed by atoms with E-state index in [4.69, 9.17) is 16.7 Å². The van der Waals surface area contributed by atoms with Crippen molar-refractivity contribution in [1.29, 1.82) is 0 Å². The summed E-state index contributed by atoms with van der Waals surface area (Å²) in [6.07, 6.45) is 3.81. The average molecular weight is 254 g/mol. The van der Waals surface area contributed by atoms with Crippen molar-refractivity contribution in [2.75, 3.05) is 5.32 Å². The molecule has 2 rings (SSSR count). The molecule has 1 aromatic carbocycles. The highest BCUT2D eigenvalue weighted by atomic mass is 35.5. The summed E-state index contributed by atoms with van der Waals surface area (Å²) in [6, 6.07) is 5.15. The van der Waals surface area contributed by atoms with Gasteiger partial charge in [-0.2, -0.15) is 0 Å². The van der Waals surface area contributed by atoms with Gasteiger partial charge in [-0.25, -0.2) is 4.79 Å². The van der Waals surface area contributed by atoms with Crippen molar-refractivity contribution in [3.8, 4) is 0 Å². The molecule has 0 bridgehead atoms. The third kappa shape index (κ3) is 3.37. The fourth-order valence-corrected chi connectivity index (χ4v) is 2.18. The normalized spacial score (nSPS) is 16.6. The first-order valence-corrected chi connectivity index (χ1v) is 6.23. The fourth-order valence-electron chi connectivity index (χ4n) is 1.94. The molecule has 4 heteroatoms. The Bertz CT molecular complexity index is 429. The van der Waals surface area contributed by atoms with Crippen LogP contribution in [0.5, 0.6) is 0 Å². The zero-order valence-electron chi connectivity index (χ0n) is 9.74. The molecule has 0 spiro atoms. The molecule has 0 saturated heterocycles. The second kappa shape index (κ2) is 4.96. The lowest BCUT2D eigenvalue weighted by Crippen LogP contribution is -2.16. The van der Waals surface area contributed by atoms with Gasteiger partial charge in [-0.3, -0.25) is 0 Å². The number of carboxylic acid groups (broad SMARTS) is 1. The van der Waals surface area contributed by atoms with Gasteiger partial charge in [0.25, 0.3) is 0 Å². The van der Waals surface area contributed by atoms with E-state index in [1.807, 2.05) is 0 Å². The molecule has 1 aromatic rings. The lowest BCUT2D eigenvalue weighted by Gasteiger charge is -2.16. The monoisotopic (exact) mass is 253 g/mol. The molecule has 1 fully saturated rings. The molecule has 0 radical (unpaired) electrons. The predicted molar refractivity (Wildman–Crippen MR) is 68.8 cm³/mol. The van der Waals surface area contributed by atoms with Gasteiger partial charge in [0.15, 0.2) is 0 Å². The first-order valence-electron chi connectivity index (χ1n) is 5.85. The van der Waals surface area contributed by atoms with Crippen molar-refractivity contribution < 1.29 is 9.90 Å². The van der Waals surface area contributed by atoms with Crippen LogP contribution in [0.3, 0.4) is 0 Å². The molecule has 3 nitrogen and oxygen atoms in total. The number of hydrogen-bond donors (Lipinski definition) is 2. The summed E-state index contributed by atoms with van der Waals surface area (Å²) >= 11 is 6.04. The third-order valence-corrected chi connectivity index (χ3v) is 3.31. The highest BCUT2D eigenvalue weighted by molar-refractivity contribution is 6.33. The number of rotatable bonds is 5. The summed E-state index contributed by atoms with van der Waals surface area (Å²) in [6.45, 7) is 2.12. The highest BCUT2D eigenvalue weighted by Gasteiger charge is 2.23. The second-order valence-corrected chi connectivity index (χ2v) is 5.13. The number of halogens is 1. The Morgan fingerprint density at radius 1 is 1.59 bits per heavy atom. The molecule has 0 heterocycles. The molecule has 17 heavy (non-hydrogen) atoms. The van der Waals surface area contributed by atoms with Gasteiger partial charge in [0, 0.05) is 6.04 Å². The zero-order valence-corrected chi connectivity index (χ0v) is 10.5. The molecule has 0 aliphatic heterocycles. The first-order chi connectivity index (χ1) is 8.06. The predicted octanol–water partition coefficient (Wildman–Crippen LogP) is 3.64. The highest BCUT2D eigenvalue weighted by Crippen LogP contribution is 2.34. The number of carboxylic acids is 1. The Morgan fingerprint density at radius 3 is 2.82 bits per heavy atom. The van der Waals surface area contributed by atoms with Gasteiger partial charge in [0.2, 0.25) is 0 Å². The van der Waals surface area contributed by atoms with Crippen LogP contribution in [0.4, 0.5) is 5.69 Å². The van der Waals surface area contributed by atoms with Gasteiger partial charge in [-0.1, -0.05) is 24.4 Å². The van der Waals surface area contributed by atoms with Crippen LogP contribution in [0.2, 0.25) is 5.02 Å². The second-order valence-electron chi connectivity index (χ2n) is 4.72. The number of hydrogen-bond acceptors (Lipinski definition) is 2. The third-order valence-electron chi connectivity index (χ3n) is 3.00. The van der Waals surface area contributed by atoms with E-state index in [9.17, 15) is 4.79 Å². The van der Waals surface area contributed by atoms with Gasteiger partial charge in [0.05, 0.1) is 16.3 Å².